The molecule has 1 unspecified atom stereocenters. The molecule has 0 bridgehead atoms. The Labute approximate surface area is 111 Å². The predicted molar refractivity (Wildman–Crippen MR) is 75.5 cm³/mol. The lowest BCUT2D eigenvalue weighted by atomic mass is 10.1. The van der Waals surface area contributed by atoms with Crippen molar-refractivity contribution >= 4 is 0 Å². The second-order valence-corrected chi connectivity index (χ2v) is 6.63. The Morgan fingerprint density at radius 3 is 2.67 bits per heavy atom. The molecular formula is C15H27N3. The summed E-state index contributed by atoms with van der Waals surface area (Å²) in [6, 6.07) is 0.676. The first-order valence-electron chi connectivity index (χ1n) is 7.26. The number of nitrogens with one attached hydrogen (secondary N) is 1. The van der Waals surface area contributed by atoms with Crippen LogP contribution >= 0.6 is 0 Å². The fraction of sp³-hybridized carbons (Fsp3) is 0.800. The van der Waals surface area contributed by atoms with Crippen molar-refractivity contribution in [3.63, 3.8) is 0 Å². The summed E-state index contributed by atoms with van der Waals surface area (Å²) in [5.74, 6) is 1.000. The van der Waals surface area contributed by atoms with Crippen LogP contribution in [0.25, 0.3) is 0 Å². The van der Waals surface area contributed by atoms with Gasteiger partial charge in [-0.05, 0) is 39.5 Å². The van der Waals surface area contributed by atoms with Crippen molar-refractivity contribution in [1.29, 1.82) is 0 Å². The topological polar surface area (TPSA) is 29.9 Å². The van der Waals surface area contributed by atoms with Crippen LogP contribution in [0.4, 0.5) is 0 Å². The lowest BCUT2D eigenvalue weighted by Gasteiger charge is -2.19. The average Bonchev–Trinajstić information content (AvgIpc) is 2.97. The maximum atomic E-state index is 4.44. The first kappa shape index (κ1) is 13.6. The normalized spacial score (nSPS) is 18.0. The Morgan fingerprint density at radius 1 is 1.44 bits per heavy atom. The zero-order valence-corrected chi connectivity index (χ0v) is 12.2. The zero-order valence-electron chi connectivity index (χ0n) is 12.2. The SMILES string of the molecule is CCC(CC1CC1)NCc1cnn(C(C)(C)C)c1. The molecule has 1 aliphatic rings. The van der Waals surface area contributed by atoms with Crippen LogP contribution in [-0.2, 0) is 12.1 Å². The van der Waals surface area contributed by atoms with Gasteiger partial charge in [0.2, 0.25) is 0 Å². The monoisotopic (exact) mass is 249 g/mol. The van der Waals surface area contributed by atoms with Crippen LogP contribution in [0.3, 0.4) is 0 Å². The first-order valence-corrected chi connectivity index (χ1v) is 7.26. The van der Waals surface area contributed by atoms with E-state index < -0.39 is 0 Å². The van der Waals surface area contributed by atoms with Crippen LogP contribution < -0.4 is 5.32 Å². The van der Waals surface area contributed by atoms with E-state index in [1.54, 1.807) is 0 Å². The molecule has 1 aliphatic carbocycles. The molecule has 1 fully saturated rings. The number of nitrogens with zero attached hydrogens (tertiary/aromatic N) is 2. The van der Waals surface area contributed by atoms with Gasteiger partial charge in [0.15, 0.2) is 0 Å². The predicted octanol–water partition coefficient (Wildman–Crippen LogP) is 3.31. The molecule has 0 spiro atoms. The fourth-order valence-electron chi connectivity index (χ4n) is 2.23. The van der Waals surface area contributed by atoms with Gasteiger partial charge in [0.25, 0.3) is 0 Å². The van der Waals surface area contributed by atoms with E-state index >= 15 is 0 Å². The molecule has 3 nitrogen and oxygen atoms in total. The minimum Gasteiger partial charge on any atom is -0.310 e. The van der Waals surface area contributed by atoms with Gasteiger partial charge in [-0.15, -0.1) is 0 Å². The molecular weight excluding hydrogens is 222 g/mol. The van der Waals surface area contributed by atoms with Gasteiger partial charge >= 0.3 is 0 Å². The van der Waals surface area contributed by atoms with Crippen molar-refractivity contribution in [2.45, 2.75) is 71.5 Å². The molecule has 0 amide bonds. The fourth-order valence-corrected chi connectivity index (χ4v) is 2.23. The molecule has 0 radical (unpaired) electrons. The summed E-state index contributed by atoms with van der Waals surface area (Å²) in [5.41, 5.74) is 1.37. The Balaban J connectivity index is 1.83. The molecule has 1 aromatic rings. The largest absolute Gasteiger partial charge is 0.310 e. The maximum absolute atomic E-state index is 4.44. The van der Waals surface area contributed by atoms with Crippen molar-refractivity contribution in [3.05, 3.63) is 18.0 Å². The Bertz CT molecular complexity index is 371. The Morgan fingerprint density at radius 2 is 2.17 bits per heavy atom. The van der Waals surface area contributed by atoms with Crippen LogP contribution in [0.5, 0.6) is 0 Å². The lowest BCUT2D eigenvalue weighted by molar-refractivity contribution is 0.355. The van der Waals surface area contributed by atoms with E-state index in [1.807, 2.05) is 10.9 Å². The smallest absolute Gasteiger partial charge is 0.0543 e. The summed E-state index contributed by atoms with van der Waals surface area (Å²) in [6.07, 6.45) is 9.62. The highest BCUT2D eigenvalue weighted by Crippen LogP contribution is 2.34. The third kappa shape index (κ3) is 3.84. The second-order valence-electron chi connectivity index (χ2n) is 6.63. The van der Waals surface area contributed by atoms with E-state index in [-0.39, 0.29) is 5.54 Å². The van der Waals surface area contributed by atoms with Crippen molar-refractivity contribution in [1.82, 2.24) is 15.1 Å². The van der Waals surface area contributed by atoms with Gasteiger partial charge < -0.3 is 5.32 Å². The summed E-state index contributed by atoms with van der Waals surface area (Å²) in [6.45, 7) is 9.76. The van der Waals surface area contributed by atoms with Gasteiger partial charge in [0.1, 0.15) is 0 Å². The van der Waals surface area contributed by atoms with Crippen LogP contribution in [0, 0.1) is 5.92 Å². The minimum absolute atomic E-state index is 0.0798. The number of hydrogen-bond acceptors (Lipinski definition) is 2. The van der Waals surface area contributed by atoms with E-state index in [0.29, 0.717) is 6.04 Å². The minimum atomic E-state index is 0.0798. The van der Waals surface area contributed by atoms with Crippen molar-refractivity contribution in [2.24, 2.45) is 5.92 Å². The highest BCUT2D eigenvalue weighted by atomic mass is 15.3. The molecule has 0 saturated heterocycles. The summed E-state index contributed by atoms with van der Waals surface area (Å²) in [4.78, 5) is 0. The quantitative estimate of drug-likeness (QED) is 0.838. The molecule has 3 heteroatoms. The van der Waals surface area contributed by atoms with Gasteiger partial charge in [-0.1, -0.05) is 19.8 Å². The number of hydrogen-bond donors (Lipinski definition) is 1. The molecule has 102 valence electrons. The first-order chi connectivity index (χ1) is 8.49. The molecule has 1 atom stereocenters. The molecule has 1 heterocycles. The molecule has 2 rings (SSSR count). The third-order valence-corrected chi connectivity index (χ3v) is 3.73. The van der Waals surface area contributed by atoms with E-state index in [0.717, 1.165) is 12.5 Å². The molecule has 1 N–H and O–H groups in total. The summed E-state index contributed by atoms with van der Waals surface area (Å²) in [5, 5.41) is 8.11. The third-order valence-electron chi connectivity index (χ3n) is 3.73. The van der Waals surface area contributed by atoms with Gasteiger partial charge in [0.05, 0.1) is 11.7 Å². The van der Waals surface area contributed by atoms with E-state index in [9.17, 15) is 0 Å². The summed E-state index contributed by atoms with van der Waals surface area (Å²) in [7, 11) is 0. The van der Waals surface area contributed by atoms with Gasteiger partial charge in [-0.25, -0.2) is 0 Å². The standard InChI is InChI=1S/C15H27N3/c1-5-14(8-12-6-7-12)16-9-13-10-17-18(11-13)15(2,3)4/h10-12,14,16H,5-9H2,1-4H3. The van der Waals surface area contributed by atoms with Gasteiger partial charge in [0, 0.05) is 24.3 Å². The van der Waals surface area contributed by atoms with E-state index in [2.05, 4.69) is 44.3 Å². The highest BCUT2D eigenvalue weighted by molar-refractivity contribution is 5.05. The Hall–Kier alpha value is -0.830. The van der Waals surface area contributed by atoms with Gasteiger partial charge in [-0.3, -0.25) is 4.68 Å². The lowest BCUT2D eigenvalue weighted by Crippen LogP contribution is -2.28. The number of aromatic nitrogens is 2. The Kier molecular flexibility index (Phi) is 4.10. The molecule has 0 aliphatic heterocycles. The molecule has 18 heavy (non-hydrogen) atoms. The maximum Gasteiger partial charge on any atom is 0.0543 e. The molecule has 0 aromatic carbocycles. The van der Waals surface area contributed by atoms with Gasteiger partial charge in [-0.2, -0.15) is 5.10 Å². The van der Waals surface area contributed by atoms with Crippen molar-refractivity contribution in [3.8, 4) is 0 Å². The van der Waals surface area contributed by atoms with Crippen molar-refractivity contribution < 1.29 is 0 Å². The van der Waals surface area contributed by atoms with Crippen molar-refractivity contribution in [2.75, 3.05) is 0 Å². The van der Waals surface area contributed by atoms with E-state index in [1.165, 1.54) is 31.2 Å². The molecule has 1 saturated carbocycles. The summed E-state index contributed by atoms with van der Waals surface area (Å²) >= 11 is 0. The zero-order chi connectivity index (χ0) is 13.2. The van der Waals surface area contributed by atoms with E-state index in [4.69, 9.17) is 0 Å². The van der Waals surface area contributed by atoms with Crippen LogP contribution in [0.1, 0.15) is 58.9 Å². The van der Waals surface area contributed by atoms with Crippen LogP contribution in [0.2, 0.25) is 0 Å². The number of rotatable bonds is 6. The van der Waals surface area contributed by atoms with Crippen LogP contribution in [-0.4, -0.2) is 15.8 Å². The molecule has 1 aromatic heterocycles. The average molecular weight is 249 g/mol. The summed E-state index contributed by atoms with van der Waals surface area (Å²) < 4.78 is 2.05. The second kappa shape index (κ2) is 5.43. The highest BCUT2D eigenvalue weighted by Gasteiger charge is 2.24. The van der Waals surface area contributed by atoms with Crippen LogP contribution in [0.15, 0.2) is 12.4 Å².